The van der Waals surface area contributed by atoms with Gasteiger partial charge in [-0.15, -0.1) is 0 Å². The van der Waals surface area contributed by atoms with Gasteiger partial charge in [0.2, 0.25) is 0 Å². The molecular formula is C25H35LiOP. The summed E-state index contributed by atoms with van der Waals surface area (Å²) in [6, 6.07) is 11.1. The van der Waals surface area contributed by atoms with E-state index in [0.717, 1.165) is 16.7 Å². The average Bonchev–Trinajstić information content (AvgIpc) is 2.52. The Labute approximate surface area is 186 Å². The second kappa shape index (κ2) is 9.76. The fourth-order valence-electron chi connectivity index (χ4n) is 3.48. The summed E-state index contributed by atoms with van der Waals surface area (Å²) < 4.78 is 0. The van der Waals surface area contributed by atoms with Crippen LogP contribution in [0.3, 0.4) is 0 Å². The van der Waals surface area contributed by atoms with Crippen molar-refractivity contribution in [1.82, 2.24) is 0 Å². The number of rotatable bonds is 5. The summed E-state index contributed by atoms with van der Waals surface area (Å²) in [5.74, 6) is 0.895. The Morgan fingerprint density at radius 3 is 1.86 bits per heavy atom. The summed E-state index contributed by atoms with van der Waals surface area (Å²) in [4.78, 5) is 13.3. The second-order valence-electron chi connectivity index (χ2n) is 9.35. The third-order valence-electron chi connectivity index (χ3n) is 5.24. The van der Waals surface area contributed by atoms with Crippen LogP contribution in [0.4, 0.5) is 0 Å². The number of benzene rings is 2. The smallest absolute Gasteiger partial charge is 0.186 e. The SMILES string of the molecule is Cc1cc(C(C)(C)C)cc(C)c1C(=O)Pc1cc(C(C)C)ccc1C(C)C.[Li]. The Bertz CT molecular complexity index is 821. The molecule has 1 nitrogen and oxygen atoms in total. The summed E-state index contributed by atoms with van der Waals surface area (Å²) in [5, 5.41) is 1.21. The van der Waals surface area contributed by atoms with E-state index in [9.17, 15) is 4.79 Å². The average molecular weight is 389 g/mol. The van der Waals surface area contributed by atoms with E-state index in [1.54, 1.807) is 0 Å². The minimum Gasteiger partial charge on any atom is -0.289 e. The minimum absolute atomic E-state index is 0. The zero-order valence-electron chi connectivity index (χ0n) is 19.4. The maximum Gasteiger partial charge on any atom is 0.186 e. The normalized spacial score (nSPS) is 12.1. The number of aryl methyl sites for hydroxylation is 2. The summed E-state index contributed by atoms with van der Waals surface area (Å²) in [6.45, 7) is 19.6. The van der Waals surface area contributed by atoms with Crippen molar-refractivity contribution in [3.8, 4) is 0 Å². The van der Waals surface area contributed by atoms with Crippen LogP contribution in [0, 0.1) is 13.8 Å². The van der Waals surface area contributed by atoms with Crippen molar-refractivity contribution in [2.24, 2.45) is 0 Å². The molecule has 0 N–H and O–H groups in total. The van der Waals surface area contributed by atoms with Crippen LogP contribution in [-0.2, 0) is 5.41 Å². The topological polar surface area (TPSA) is 17.1 Å². The molecule has 0 aromatic heterocycles. The quantitative estimate of drug-likeness (QED) is 0.415. The molecular weight excluding hydrogens is 354 g/mol. The number of hydrogen-bond donors (Lipinski definition) is 0. The van der Waals surface area contributed by atoms with E-state index in [1.165, 1.54) is 22.0 Å². The van der Waals surface area contributed by atoms with Crippen LogP contribution in [0.2, 0.25) is 0 Å². The summed E-state index contributed by atoms with van der Waals surface area (Å²) in [7, 11) is 0.174. The zero-order valence-corrected chi connectivity index (χ0v) is 20.4. The monoisotopic (exact) mass is 389 g/mol. The first kappa shape index (κ1) is 25.2. The van der Waals surface area contributed by atoms with E-state index in [2.05, 4.69) is 92.6 Å². The molecule has 0 saturated carbocycles. The molecule has 2 aromatic rings. The van der Waals surface area contributed by atoms with Crippen molar-refractivity contribution < 1.29 is 4.79 Å². The van der Waals surface area contributed by atoms with Crippen molar-refractivity contribution >= 4 is 38.3 Å². The molecule has 0 aliphatic rings. The first-order valence-electron chi connectivity index (χ1n) is 9.98. The van der Waals surface area contributed by atoms with Gasteiger partial charge in [-0.2, -0.15) is 0 Å². The van der Waals surface area contributed by atoms with Crippen LogP contribution in [0.1, 0.15) is 98.5 Å². The molecule has 147 valence electrons. The van der Waals surface area contributed by atoms with E-state index in [-0.39, 0.29) is 38.4 Å². The third-order valence-corrected chi connectivity index (χ3v) is 6.42. The van der Waals surface area contributed by atoms with Gasteiger partial charge in [0.1, 0.15) is 0 Å². The van der Waals surface area contributed by atoms with E-state index in [1.807, 2.05) is 0 Å². The standard InChI is InChI=1S/C25H35OP.Li/c1-15(2)19-10-11-21(16(3)4)22(14-19)27-24(26)23-17(5)12-20(13-18(23)6)25(7,8)9;/h10-16,27H,1-9H3;. The van der Waals surface area contributed by atoms with Gasteiger partial charge in [0, 0.05) is 24.4 Å². The minimum atomic E-state index is 0. The first-order chi connectivity index (χ1) is 12.4. The predicted octanol–water partition coefficient (Wildman–Crippen LogP) is 6.61. The Balaban J connectivity index is 0.00000392. The van der Waals surface area contributed by atoms with Gasteiger partial charge in [-0.25, -0.2) is 0 Å². The van der Waals surface area contributed by atoms with Crippen LogP contribution in [0.5, 0.6) is 0 Å². The Kier molecular flexibility index (Phi) is 8.77. The molecule has 0 fully saturated rings. The Morgan fingerprint density at radius 2 is 1.43 bits per heavy atom. The van der Waals surface area contributed by atoms with E-state index < -0.39 is 0 Å². The predicted molar refractivity (Wildman–Crippen MR) is 127 cm³/mol. The molecule has 0 spiro atoms. The summed E-state index contributed by atoms with van der Waals surface area (Å²) in [5.41, 5.74) is 7.36. The second-order valence-corrected chi connectivity index (χ2v) is 10.6. The van der Waals surface area contributed by atoms with Crippen LogP contribution in [-0.4, -0.2) is 24.4 Å². The van der Waals surface area contributed by atoms with Crippen molar-refractivity contribution in [2.45, 2.75) is 79.6 Å². The number of carbonyl (C=O) groups excluding carboxylic acids is 1. The van der Waals surface area contributed by atoms with E-state index >= 15 is 0 Å². The molecule has 28 heavy (non-hydrogen) atoms. The van der Waals surface area contributed by atoms with Crippen LogP contribution >= 0.6 is 8.58 Å². The van der Waals surface area contributed by atoms with Gasteiger partial charge < -0.3 is 0 Å². The molecule has 0 bridgehead atoms. The number of carbonyl (C=O) groups is 1. The zero-order chi connectivity index (χ0) is 20.5. The summed E-state index contributed by atoms with van der Waals surface area (Å²) >= 11 is 0. The van der Waals surface area contributed by atoms with E-state index in [0.29, 0.717) is 11.8 Å². The molecule has 2 rings (SSSR count). The van der Waals surface area contributed by atoms with Gasteiger partial charge in [-0.1, -0.05) is 78.8 Å². The number of hydrogen-bond acceptors (Lipinski definition) is 1. The molecule has 0 saturated heterocycles. The maximum atomic E-state index is 13.3. The summed E-state index contributed by atoms with van der Waals surface area (Å²) in [6.07, 6.45) is 0. The van der Waals surface area contributed by atoms with Crippen molar-refractivity contribution in [2.75, 3.05) is 0 Å². The first-order valence-corrected chi connectivity index (χ1v) is 11.0. The van der Waals surface area contributed by atoms with Crippen LogP contribution in [0.25, 0.3) is 0 Å². The largest absolute Gasteiger partial charge is 0.289 e. The molecule has 1 unspecified atom stereocenters. The van der Waals surface area contributed by atoms with Gasteiger partial charge in [-0.05, 0) is 72.8 Å². The Hall–Kier alpha value is -0.863. The molecule has 0 aliphatic heterocycles. The third kappa shape index (κ3) is 5.83. The van der Waals surface area contributed by atoms with Crippen LogP contribution < -0.4 is 5.30 Å². The van der Waals surface area contributed by atoms with E-state index in [4.69, 9.17) is 0 Å². The van der Waals surface area contributed by atoms with Gasteiger partial charge in [0.25, 0.3) is 0 Å². The molecule has 0 aliphatic carbocycles. The molecule has 1 radical (unpaired) electrons. The molecule has 0 amide bonds. The molecule has 2 aromatic carbocycles. The maximum absolute atomic E-state index is 13.3. The van der Waals surface area contributed by atoms with Crippen LogP contribution in [0.15, 0.2) is 30.3 Å². The van der Waals surface area contributed by atoms with Crippen molar-refractivity contribution in [3.63, 3.8) is 0 Å². The van der Waals surface area contributed by atoms with Gasteiger partial charge in [0.05, 0.1) is 0 Å². The van der Waals surface area contributed by atoms with Gasteiger partial charge in [0.15, 0.2) is 5.52 Å². The molecule has 1 atom stereocenters. The van der Waals surface area contributed by atoms with Crippen molar-refractivity contribution in [3.05, 3.63) is 63.7 Å². The Morgan fingerprint density at radius 1 is 0.893 bits per heavy atom. The van der Waals surface area contributed by atoms with Gasteiger partial charge in [-0.3, -0.25) is 4.79 Å². The molecule has 0 heterocycles. The van der Waals surface area contributed by atoms with Crippen molar-refractivity contribution in [1.29, 1.82) is 0 Å². The molecule has 3 heteroatoms. The fourth-order valence-corrected chi connectivity index (χ4v) is 5.00. The van der Waals surface area contributed by atoms with Gasteiger partial charge >= 0.3 is 0 Å². The fraction of sp³-hybridized carbons (Fsp3) is 0.480.